The smallest absolute Gasteiger partial charge is 0.184 e. The molecule has 3 N–H and O–H groups in total. The fourth-order valence-corrected chi connectivity index (χ4v) is 3.73. The van der Waals surface area contributed by atoms with Crippen LogP contribution in [-0.4, -0.2) is 11.0 Å². The highest BCUT2D eigenvalue weighted by molar-refractivity contribution is 7.22. The number of nitrogens with zero attached hydrogens (tertiary/aromatic N) is 1. The molecule has 1 aromatic carbocycles. The summed E-state index contributed by atoms with van der Waals surface area (Å²) in [6, 6.07) is 8.37. The third-order valence-electron chi connectivity index (χ3n) is 2.90. The van der Waals surface area contributed by atoms with E-state index in [-0.39, 0.29) is 0 Å². The van der Waals surface area contributed by atoms with Crippen molar-refractivity contribution >= 4 is 43.7 Å². The number of fused-ring (bicyclic) bond motifs is 1. The van der Waals surface area contributed by atoms with Crippen LogP contribution in [-0.2, 0) is 6.42 Å². The molecule has 0 aliphatic heterocycles. The topological polar surface area (TPSA) is 50.9 Å². The molecule has 0 saturated carbocycles. The summed E-state index contributed by atoms with van der Waals surface area (Å²) in [5, 5.41) is 8.73. The van der Waals surface area contributed by atoms with E-state index in [1.165, 1.54) is 5.56 Å². The quantitative estimate of drug-likeness (QED) is 0.714. The van der Waals surface area contributed by atoms with E-state index in [1.54, 1.807) is 22.7 Å². The molecule has 0 radical (unpaired) electrons. The molecule has 0 amide bonds. The Balaban J connectivity index is 1.74. The van der Waals surface area contributed by atoms with Crippen molar-refractivity contribution in [1.82, 2.24) is 4.98 Å². The summed E-state index contributed by atoms with van der Waals surface area (Å²) in [6.45, 7) is 2.18. The maximum atomic E-state index is 5.78. The largest absolute Gasteiger partial charge is 0.399 e. The lowest BCUT2D eigenvalue weighted by Crippen LogP contribution is -2.17. The number of benzene rings is 1. The van der Waals surface area contributed by atoms with Gasteiger partial charge in [-0.05, 0) is 53.9 Å². The van der Waals surface area contributed by atoms with Crippen molar-refractivity contribution in [3.8, 4) is 0 Å². The minimum atomic E-state index is 0.368. The molecule has 0 spiro atoms. The van der Waals surface area contributed by atoms with Gasteiger partial charge in [0.1, 0.15) is 0 Å². The van der Waals surface area contributed by atoms with Crippen LogP contribution in [0.25, 0.3) is 10.2 Å². The summed E-state index contributed by atoms with van der Waals surface area (Å²) < 4.78 is 1.13. The first-order chi connectivity index (χ1) is 9.20. The minimum absolute atomic E-state index is 0.368. The van der Waals surface area contributed by atoms with Gasteiger partial charge in [-0.2, -0.15) is 11.3 Å². The van der Waals surface area contributed by atoms with E-state index >= 15 is 0 Å². The molecule has 2 heterocycles. The normalized spacial score (nSPS) is 12.7. The number of hydrogen-bond acceptors (Lipinski definition) is 5. The monoisotopic (exact) mass is 289 g/mol. The van der Waals surface area contributed by atoms with Gasteiger partial charge < -0.3 is 11.1 Å². The lowest BCUT2D eigenvalue weighted by atomic mass is 10.1. The standard InChI is InChI=1S/C14H15N3S2/c1-9(6-10-4-5-18-8-10)16-14-17-12-3-2-11(15)7-13(12)19-14/h2-5,7-9H,6,15H2,1H3,(H,16,17). The zero-order chi connectivity index (χ0) is 13.2. The fraction of sp³-hybridized carbons (Fsp3) is 0.214. The van der Waals surface area contributed by atoms with E-state index in [4.69, 9.17) is 5.73 Å². The molecule has 0 aliphatic rings. The molecule has 3 aromatic rings. The lowest BCUT2D eigenvalue weighted by Gasteiger charge is -2.11. The van der Waals surface area contributed by atoms with Crippen LogP contribution in [0.4, 0.5) is 10.8 Å². The fourth-order valence-electron chi connectivity index (χ4n) is 2.03. The Hall–Kier alpha value is -1.59. The molecular weight excluding hydrogens is 274 g/mol. The molecule has 1 unspecified atom stereocenters. The van der Waals surface area contributed by atoms with Gasteiger partial charge in [0, 0.05) is 11.7 Å². The van der Waals surface area contributed by atoms with Gasteiger partial charge >= 0.3 is 0 Å². The van der Waals surface area contributed by atoms with Gasteiger partial charge in [0.25, 0.3) is 0 Å². The number of nitrogen functional groups attached to an aromatic ring is 1. The minimum Gasteiger partial charge on any atom is -0.399 e. The van der Waals surface area contributed by atoms with Crippen molar-refractivity contribution in [2.24, 2.45) is 0 Å². The average Bonchev–Trinajstić information content (AvgIpc) is 2.97. The summed E-state index contributed by atoms with van der Waals surface area (Å²) in [4.78, 5) is 4.58. The number of anilines is 2. The molecule has 3 rings (SSSR count). The van der Waals surface area contributed by atoms with Gasteiger partial charge in [-0.1, -0.05) is 11.3 Å². The first-order valence-corrected chi connectivity index (χ1v) is 7.90. The first kappa shape index (κ1) is 12.4. The molecule has 2 aromatic heterocycles. The SMILES string of the molecule is CC(Cc1ccsc1)Nc1nc2ccc(N)cc2s1. The highest BCUT2D eigenvalue weighted by atomic mass is 32.1. The second-order valence-electron chi connectivity index (χ2n) is 4.63. The number of thiazole rings is 1. The van der Waals surface area contributed by atoms with Gasteiger partial charge in [-0.3, -0.25) is 0 Å². The average molecular weight is 289 g/mol. The zero-order valence-corrected chi connectivity index (χ0v) is 12.2. The summed E-state index contributed by atoms with van der Waals surface area (Å²) in [5.41, 5.74) is 8.95. The molecule has 5 heteroatoms. The predicted molar refractivity (Wildman–Crippen MR) is 85.1 cm³/mol. The summed E-state index contributed by atoms with van der Waals surface area (Å²) in [7, 11) is 0. The van der Waals surface area contributed by atoms with Crippen LogP contribution in [0.1, 0.15) is 12.5 Å². The van der Waals surface area contributed by atoms with Gasteiger partial charge in [-0.25, -0.2) is 4.98 Å². The zero-order valence-electron chi connectivity index (χ0n) is 10.6. The van der Waals surface area contributed by atoms with E-state index in [0.29, 0.717) is 6.04 Å². The summed E-state index contributed by atoms with van der Waals surface area (Å²) >= 11 is 3.39. The molecule has 19 heavy (non-hydrogen) atoms. The second kappa shape index (κ2) is 5.19. The molecule has 0 saturated heterocycles. The molecule has 98 valence electrons. The lowest BCUT2D eigenvalue weighted by molar-refractivity contribution is 0.791. The second-order valence-corrected chi connectivity index (χ2v) is 6.44. The molecule has 3 nitrogen and oxygen atoms in total. The summed E-state index contributed by atoms with van der Waals surface area (Å²) in [5.74, 6) is 0. The van der Waals surface area contributed by atoms with Crippen LogP contribution >= 0.6 is 22.7 Å². The number of aromatic nitrogens is 1. The molecule has 1 atom stereocenters. The number of nitrogens with two attached hydrogens (primary N) is 1. The number of hydrogen-bond donors (Lipinski definition) is 2. The Morgan fingerprint density at radius 3 is 3.05 bits per heavy atom. The van der Waals surface area contributed by atoms with Gasteiger partial charge in [-0.15, -0.1) is 0 Å². The van der Waals surface area contributed by atoms with Crippen molar-refractivity contribution in [2.45, 2.75) is 19.4 Å². The number of thiophene rings is 1. The maximum Gasteiger partial charge on any atom is 0.184 e. The Labute approximate surface area is 120 Å². The van der Waals surface area contributed by atoms with Crippen LogP contribution < -0.4 is 11.1 Å². The van der Waals surface area contributed by atoms with Crippen LogP contribution in [0.15, 0.2) is 35.0 Å². The number of rotatable bonds is 4. The van der Waals surface area contributed by atoms with E-state index < -0.39 is 0 Å². The Bertz CT molecular complexity index is 673. The highest BCUT2D eigenvalue weighted by Crippen LogP contribution is 2.28. The Kier molecular flexibility index (Phi) is 3.40. The van der Waals surface area contributed by atoms with E-state index in [2.05, 4.69) is 34.1 Å². The Morgan fingerprint density at radius 1 is 1.37 bits per heavy atom. The van der Waals surface area contributed by atoms with Crippen molar-refractivity contribution < 1.29 is 0 Å². The van der Waals surface area contributed by atoms with Gasteiger partial charge in [0.2, 0.25) is 0 Å². The third kappa shape index (κ3) is 2.88. The van der Waals surface area contributed by atoms with E-state index in [1.807, 2.05) is 18.2 Å². The van der Waals surface area contributed by atoms with Crippen LogP contribution in [0.3, 0.4) is 0 Å². The third-order valence-corrected chi connectivity index (χ3v) is 4.59. The van der Waals surface area contributed by atoms with Gasteiger partial charge in [0.15, 0.2) is 5.13 Å². The molecule has 0 bridgehead atoms. The molecule has 0 fully saturated rings. The van der Waals surface area contributed by atoms with Gasteiger partial charge in [0.05, 0.1) is 10.2 Å². The molecular formula is C14H15N3S2. The maximum absolute atomic E-state index is 5.78. The van der Waals surface area contributed by atoms with Crippen molar-refractivity contribution in [3.05, 3.63) is 40.6 Å². The van der Waals surface area contributed by atoms with Crippen molar-refractivity contribution in [3.63, 3.8) is 0 Å². The predicted octanol–water partition coefficient (Wildman–Crippen LogP) is 3.98. The van der Waals surface area contributed by atoms with E-state index in [9.17, 15) is 0 Å². The van der Waals surface area contributed by atoms with Crippen molar-refractivity contribution in [1.29, 1.82) is 0 Å². The Morgan fingerprint density at radius 2 is 2.26 bits per heavy atom. The summed E-state index contributed by atoms with van der Waals surface area (Å²) in [6.07, 6.45) is 1.02. The molecule has 0 aliphatic carbocycles. The van der Waals surface area contributed by atoms with E-state index in [0.717, 1.165) is 27.5 Å². The highest BCUT2D eigenvalue weighted by Gasteiger charge is 2.08. The van der Waals surface area contributed by atoms with Crippen LogP contribution in [0.2, 0.25) is 0 Å². The van der Waals surface area contributed by atoms with Crippen LogP contribution in [0, 0.1) is 0 Å². The van der Waals surface area contributed by atoms with Crippen LogP contribution in [0.5, 0.6) is 0 Å². The first-order valence-electron chi connectivity index (χ1n) is 6.14. The number of nitrogens with one attached hydrogen (secondary N) is 1. The van der Waals surface area contributed by atoms with Crippen molar-refractivity contribution in [2.75, 3.05) is 11.1 Å².